The molecule has 3 heterocycles. The summed E-state index contributed by atoms with van der Waals surface area (Å²) in [6.45, 7) is 7.24. The molecule has 1 aromatic heterocycles. The summed E-state index contributed by atoms with van der Waals surface area (Å²) in [7, 11) is 1.69. The SMILES string of the molecule is C=CCOC(=O)[C@@H]1N2C(=O)C(Br)(C(O)C(=O)c3cccn3C)[C@H]2SC1(C)C. The number of aliphatic hydroxyl groups excluding tert-OH is 1. The van der Waals surface area contributed by atoms with Crippen molar-refractivity contribution < 1.29 is 24.2 Å². The Labute approximate surface area is 169 Å². The molecule has 4 atom stereocenters. The number of carbonyl (C=O) groups excluding carboxylic acids is 3. The fraction of sp³-hybridized carbons (Fsp3) is 0.500. The number of Topliss-reactive ketones (excluding diaryl/α,β-unsaturated/α-hetero) is 1. The summed E-state index contributed by atoms with van der Waals surface area (Å²) in [6, 6.07) is 2.47. The number of fused-ring (bicyclic) bond motifs is 1. The molecule has 0 aliphatic carbocycles. The van der Waals surface area contributed by atoms with Crippen molar-refractivity contribution >= 4 is 45.4 Å². The molecule has 2 saturated heterocycles. The largest absolute Gasteiger partial charge is 0.460 e. The number of ketones is 1. The number of hydrogen-bond donors (Lipinski definition) is 1. The number of rotatable bonds is 6. The average Bonchev–Trinajstić information content (AvgIpc) is 3.16. The van der Waals surface area contributed by atoms with Gasteiger partial charge in [-0.2, -0.15) is 0 Å². The number of ether oxygens (including phenoxy) is 1. The van der Waals surface area contributed by atoms with Gasteiger partial charge in [-0.25, -0.2) is 4.79 Å². The summed E-state index contributed by atoms with van der Waals surface area (Å²) in [5, 5.41) is 10.2. The molecule has 0 radical (unpaired) electrons. The average molecular weight is 457 g/mol. The van der Waals surface area contributed by atoms with Crippen LogP contribution in [0.5, 0.6) is 0 Å². The van der Waals surface area contributed by atoms with Gasteiger partial charge < -0.3 is 19.3 Å². The zero-order valence-corrected chi connectivity index (χ0v) is 17.6. The van der Waals surface area contributed by atoms with Crippen LogP contribution in [0.15, 0.2) is 31.0 Å². The van der Waals surface area contributed by atoms with E-state index in [1.807, 2.05) is 13.8 Å². The number of esters is 1. The van der Waals surface area contributed by atoms with Crippen molar-refractivity contribution in [2.75, 3.05) is 6.61 Å². The third-order valence-corrected chi connectivity index (χ3v) is 8.10. The molecule has 2 aliphatic heterocycles. The molecule has 1 amide bonds. The Morgan fingerprint density at radius 2 is 2.19 bits per heavy atom. The monoisotopic (exact) mass is 456 g/mol. The smallest absolute Gasteiger partial charge is 0.330 e. The van der Waals surface area contributed by atoms with Crippen LogP contribution in [-0.4, -0.2) is 65.4 Å². The highest BCUT2D eigenvalue weighted by molar-refractivity contribution is 9.10. The van der Waals surface area contributed by atoms with Crippen LogP contribution in [0.1, 0.15) is 24.3 Å². The quantitative estimate of drug-likeness (QED) is 0.229. The van der Waals surface area contributed by atoms with E-state index >= 15 is 0 Å². The molecule has 9 heteroatoms. The molecule has 2 aliphatic rings. The van der Waals surface area contributed by atoms with Crippen molar-refractivity contribution in [1.82, 2.24) is 9.47 Å². The molecular weight excluding hydrogens is 436 g/mol. The van der Waals surface area contributed by atoms with E-state index in [1.165, 1.54) is 22.7 Å². The first-order chi connectivity index (χ1) is 12.6. The predicted molar refractivity (Wildman–Crippen MR) is 105 cm³/mol. The fourth-order valence-electron chi connectivity index (χ4n) is 3.55. The van der Waals surface area contributed by atoms with Crippen molar-refractivity contribution in [3.8, 4) is 0 Å². The van der Waals surface area contributed by atoms with Gasteiger partial charge in [-0.1, -0.05) is 28.6 Å². The van der Waals surface area contributed by atoms with Crippen molar-refractivity contribution in [2.24, 2.45) is 7.05 Å². The maximum atomic E-state index is 13.0. The van der Waals surface area contributed by atoms with E-state index in [2.05, 4.69) is 22.5 Å². The Morgan fingerprint density at radius 1 is 1.52 bits per heavy atom. The van der Waals surface area contributed by atoms with Crippen molar-refractivity contribution in [2.45, 2.75) is 40.4 Å². The number of hydrogen-bond acceptors (Lipinski definition) is 6. The number of carbonyl (C=O) groups is 3. The van der Waals surface area contributed by atoms with Gasteiger partial charge in [0.2, 0.25) is 11.7 Å². The Hall–Kier alpha value is -1.58. The number of thioether (sulfide) groups is 1. The number of alkyl halides is 1. The lowest BCUT2D eigenvalue weighted by Crippen LogP contribution is -2.75. The van der Waals surface area contributed by atoms with Crippen LogP contribution in [0.3, 0.4) is 0 Å². The summed E-state index contributed by atoms with van der Waals surface area (Å²) in [5.74, 6) is -1.58. The van der Waals surface area contributed by atoms with Gasteiger partial charge in [0.15, 0.2) is 4.32 Å². The van der Waals surface area contributed by atoms with Crippen LogP contribution < -0.4 is 0 Å². The molecule has 1 N–H and O–H groups in total. The topological polar surface area (TPSA) is 88.8 Å². The molecule has 2 unspecified atom stereocenters. The molecule has 7 nitrogen and oxygen atoms in total. The van der Waals surface area contributed by atoms with Crippen LogP contribution in [0.2, 0.25) is 0 Å². The predicted octanol–water partition coefficient (Wildman–Crippen LogP) is 1.49. The van der Waals surface area contributed by atoms with Crippen molar-refractivity contribution in [1.29, 1.82) is 0 Å². The van der Waals surface area contributed by atoms with E-state index in [4.69, 9.17) is 4.74 Å². The Kier molecular flexibility index (Phi) is 5.07. The third-order valence-electron chi connectivity index (χ3n) is 4.94. The lowest BCUT2D eigenvalue weighted by molar-refractivity contribution is -0.166. The van der Waals surface area contributed by atoms with E-state index in [-0.39, 0.29) is 6.61 Å². The number of β-lactam (4-membered cyclic amide) rings is 1. The van der Waals surface area contributed by atoms with Gasteiger partial charge in [-0.05, 0) is 26.0 Å². The second-order valence-electron chi connectivity index (χ2n) is 7.15. The molecule has 1 aromatic rings. The lowest BCUT2D eigenvalue weighted by atomic mass is 9.85. The summed E-state index contributed by atoms with van der Waals surface area (Å²) >= 11 is 4.69. The van der Waals surface area contributed by atoms with Gasteiger partial charge in [0.1, 0.15) is 24.1 Å². The first-order valence-electron chi connectivity index (χ1n) is 8.38. The molecule has 2 fully saturated rings. The van der Waals surface area contributed by atoms with Crippen LogP contribution >= 0.6 is 27.7 Å². The highest BCUT2D eigenvalue weighted by atomic mass is 79.9. The molecule has 0 spiro atoms. The molecule has 0 bridgehead atoms. The molecule has 146 valence electrons. The van der Waals surface area contributed by atoms with Crippen LogP contribution in [-0.2, 0) is 21.4 Å². The summed E-state index contributed by atoms with van der Waals surface area (Å²) < 4.78 is 4.62. The van der Waals surface area contributed by atoms with E-state index in [1.54, 1.807) is 29.9 Å². The number of aryl methyl sites for hydroxylation is 1. The van der Waals surface area contributed by atoms with Crippen molar-refractivity contribution in [3.63, 3.8) is 0 Å². The zero-order valence-electron chi connectivity index (χ0n) is 15.2. The van der Waals surface area contributed by atoms with Gasteiger partial charge >= 0.3 is 5.97 Å². The minimum Gasteiger partial charge on any atom is -0.460 e. The third kappa shape index (κ3) is 2.87. The molecule has 3 rings (SSSR count). The Balaban J connectivity index is 1.87. The van der Waals surface area contributed by atoms with Crippen LogP contribution in [0.25, 0.3) is 0 Å². The van der Waals surface area contributed by atoms with Gasteiger partial charge in [-0.15, -0.1) is 11.8 Å². The maximum absolute atomic E-state index is 13.0. The summed E-state index contributed by atoms with van der Waals surface area (Å²) in [6.07, 6.45) is 1.57. The van der Waals surface area contributed by atoms with Gasteiger partial charge in [0.25, 0.3) is 0 Å². The molecule has 27 heavy (non-hydrogen) atoms. The summed E-state index contributed by atoms with van der Waals surface area (Å²) in [5.41, 5.74) is 0.303. The Bertz CT molecular complexity index is 822. The van der Waals surface area contributed by atoms with E-state index < -0.39 is 44.3 Å². The Morgan fingerprint density at radius 3 is 2.74 bits per heavy atom. The normalized spacial score (nSPS) is 29.7. The van der Waals surface area contributed by atoms with Crippen molar-refractivity contribution in [3.05, 3.63) is 36.7 Å². The minimum atomic E-state index is -1.58. The standard InChI is InChI=1S/C18H21BrN2O5S/c1-5-9-26-14(24)12-17(2,3)27-16-18(19,15(25)21(12)16)13(23)11(22)10-7-6-8-20(10)4/h5-8,12-13,16,23H,1,9H2,2-4H3/t12-,13?,16+,18?/m0/s1. The highest BCUT2D eigenvalue weighted by Gasteiger charge is 2.74. The number of aliphatic hydroxyl groups is 1. The number of nitrogens with zero attached hydrogens (tertiary/aromatic N) is 2. The van der Waals surface area contributed by atoms with Gasteiger partial charge in [0.05, 0.1) is 5.69 Å². The molecule has 0 aromatic carbocycles. The maximum Gasteiger partial charge on any atom is 0.330 e. The lowest BCUT2D eigenvalue weighted by Gasteiger charge is -2.51. The molecular formula is C18H21BrN2O5S. The second kappa shape index (κ2) is 6.79. The van der Waals surface area contributed by atoms with Crippen LogP contribution in [0, 0.1) is 0 Å². The zero-order chi connectivity index (χ0) is 20.1. The highest BCUT2D eigenvalue weighted by Crippen LogP contribution is 2.59. The number of aromatic nitrogens is 1. The van der Waals surface area contributed by atoms with E-state index in [9.17, 15) is 19.5 Å². The first kappa shape index (κ1) is 20.2. The van der Waals surface area contributed by atoms with E-state index in [0.29, 0.717) is 5.69 Å². The second-order valence-corrected chi connectivity index (χ2v) is 10.2. The van der Waals surface area contributed by atoms with Crippen LogP contribution in [0.4, 0.5) is 0 Å². The van der Waals surface area contributed by atoms with Gasteiger partial charge in [-0.3, -0.25) is 9.59 Å². The van der Waals surface area contributed by atoms with Gasteiger partial charge in [0, 0.05) is 18.0 Å². The number of halogens is 1. The van der Waals surface area contributed by atoms with E-state index in [0.717, 1.165) is 0 Å². The summed E-state index contributed by atoms with van der Waals surface area (Å²) in [4.78, 5) is 39.6. The first-order valence-corrected chi connectivity index (χ1v) is 10.0. The number of amides is 1. The minimum absolute atomic E-state index is 0.0524. The fourth-order valence-corrected chi connectivity index (χ4v) is 6.11. The molecule has 0 saturated carbocycles.